The van der Waals surface area contributed by atoms with Crippen LogP contribution in [0.3, 0.4) is 0 Å². The molecule has 0 aliphatic carbocycles. The summed E-state index contributed by atoms with van der Waals surface area (Å²) in [7, 11) is 0. The molecule has 0 atom stereocenters. The number of aromatic nitrogens is 2. The van der Waals surface area contributed by atoms with Gasteiger partial charge in [-0.1, -0.05) is 6.58 Å². The van der Waals surface area contributed by atoms with Crippen LogP contribution < -0.4 is 11.2 Å². The van der Waals surface area contributed by atoms with Crippen molar-refractivity contribution in [2.24, 2.45) is 0 Å². The van der Waals surface area contributed by atoms with Crippen molar-refractivity contribution in [3.63, 3.8) is 0 Å². The molecule has 23 heavy (non-hydrogen) atoms. The van der Waals surface area contributed by atoms with Crippen LogP contribution in [0, 0.1) is 0 Å². The maximum atomic E-state index is 11.4. The molecule has 0 amide bonds. The SMILES string of the molecule is C=C(C)C(=O)OCCOCCOCCCn1c(=O)cc[nH]c1=O. The summed E-state index contributed by atoms with van der Waals surface area (Å²) in [5, 5.41) is 0. The van der Waals surface area contributed by atoms with Gasteiger partial charge in [-0.3, -0.25) is 9.36 Å². The van der Waals surface area contributed by atoms with E-state index in [0.29, 0.717) is 38.4 Å². The fourth-order valence-corrected chi connectivity index (χ4v) is 1.63. The number of aromatic amines is 1. The highest BCUT2D eigenvalue weighted by Gasteiger charge is 2.02. The Balaban J connectivity index is 2.00. The van der Waals surface area contributed by atoms with E-state index in [1.165, 1.54) is 12.3 Å². The Hall–Kier alpha value is -2.19. The van der Waals surface area contributed by atoms with E-state index in [2.05, 4.69) is 11.6 Å². The van der Waals surface area contributed by atoms with Crippen LogP contribution in [0.2, 0.25) is 0 Å². The first-order valence-corrected chi connectivity index (χ1v) is 7.29. The highest BCUT2D eigenvalue weighted by atomic mass is 16.6. The quantitative estimate of drug-likeness (QED) is 0.351. The third kappa shape index (κ3) is 7.57. The zero-order valence-corrected chi connectivity index (χ0v) is 13.2. The Labute approximate surface area is 133 Å². The summed E-state index contributed by atoms with van der Waals surface area (Å²) in [5.74, 6) is -0.434. The molecule has 0 bridgehead atoms. The summed E-state index contributed by atoms with van der Waals surface area (Å²) in [6.07, 6.45) is 1.87. The average Bonchev–Trinajstić information content (AvgIpc) is 2.51. The van der Waals surface area contributed by atoms with Crippen LogP contribution in [0.5, 0.6) is 0 Å². The number of carbonyl (C=O) groups excluding carboxylic acids is 1. The van der Waals surface area contributed by atoms with Crippen LogP contribution in [0.25, 0.3) is 0 Å². The second kappa shape index (κ2) is 10.5. The van der Waals surface area contributed by atoms with Crippen LogP contribution in [-0.2, 0) is 25.5 Å². The molecule has 0 aromatic carbocycles. The van der Waals surface area contributed by atoms with E-state index in [1.807, 2.05) is 0 Å². The van der Waals surface area contributed by atoms with Gasteiger partial charge < -0.3 is 19.2 Å². The first-order chi connectivity index (χ1) is 11.0. The fourth-order valence-electron chi connectivity index (χ4n) is 1.63. The van der Waals surface area contributed by atoms with E-state index in [-0.39, 0.29) is 18.8 Å². The number of nitrogens with one attached hydrogen (secondary N) is 1. The number of carbonyl (C=O) groups is 1. The second-order valence-electron chi connectivity index (χ2n) is 4.77. The monoisotopic (exact) mass is 326 g/mol. The highest BCUT2D eigenvalue weighted by molar-refractivity contribution is 5.86. The molecule has 1 aromatic heterocycles. The van der Waals surface area contributed by atoms with E-state index < -0.39 is 11.7 Å². The molecule has 0 unspecified atom stereocenters. The van der Waals surface area contributed by atoms with Gasteiger partial charge in [0.2, 0.25) is 0 Å². The molecule has 0 aliphatic heterocycles. The van der Waals surface area contributed by atoms with Gasteiger partial charge in [-0.25, -0.2) is 9.59 Å². The fraction of sp³-hybridized carbons (Fsp3) is 0.533. The second-order valence-corrected chi connectivity index (χ2v) is 4.77. The number of hydrogen-bond acceptors (Lipinski definition) is 6. The number of ether oxygens (including phenoxy) is 3. The third-order valence-corrected chi connectivity index (χ3v) is 2.80. The van der Waals surface area contributed by atoms with Gasteiger partial charge in [0.25, 0.3) is 5.56 Å². The van der Waals surface area contributed by atoms with E-state index in [4.69, 9.17) is 14.2 Å². The summed E-state index contributed by atoms with van der Waals surface area (Å²) < 4.78 is 16.5. The highest BCUT2D eigenvalue weighted by Crippen LogP contribution is 1.92. The first-order valence-electron chi connectivity index (χ1n) is 7.29. The number of nitrogens with zero attached hydrogens (tertiary/aromatic N) is 1. The maximum Gasteiger partial charge on any atom is 0.333 e. The Kier molecular flexibility index (Phi) is 8.63. The van der Waals surface area contributed by atoms with Gasteiger partial charge in [-0.15, -0.1) is 0 Å². The van der Waals surface area contributed by atoms with Gasteiger partial charge in [-0.05, 0) is 13.3 Å². The Morgan fingerprint density at radius 1 is 1.17 bits per heavy atom. The minimum absolute atomic E-state index is 0.172. The van der Waals surface area contributed by atoms with Gasteiger partial charge in [0.05, 0.1) is 19.8 Å². The van der Waals surface area contributed by atoms with Crippen molar-refractivity contribution in [2.75, 3.05) is 33.0 Å². The molecular formula is C15H22N2O6. The van der Waals surface area contributed by atoms with E-state index in [1.54, 1.807) is 6.92 Å². The molecule has 1 aromatic rings. The molecule has 1 rings (SSSR count). The van der Waals surface area contributed by atoms with E-state index in [9.17, 15) is 14.4 Å². The lowest BCUT2D eigenvalue weighted by atomic mass is 10.4. The van der Waals surface area contributed by atoms with Crippen molar-refractivity contribution >= 4 is 5.97 Å². The largest absolute Gasteiger partial charge is 0.460 e. The van der Waals surface area contributed by atoms with E-state index >= 15 is 0 Å². The normalized spacial score (nSPS) is 10.5. The molecule has 8 heteroatoms. The Bertz CT molecular complexity index is 591. The van der Waals surface area contributed by atoms with Crippen molar-refractivity contribution in [3.8, 4) is 0 Å². The lowest BCUT2D eigenvalue weighted by Gasteiger charge is -2.07. The van der Waals surface area contributed by atoms with Gasteiger partial charge in [-0.2, -0.15) is 0 Å². The van der Waals surface area contributed by atoms with Gasteiger partial charge in [0.1, 0.15) is 6.61 Å². The average molecular weight is 326 g/mol. The van der Waals surface area contributed by atoms with Crippen molar-refractivity contribution in [1.82, 2.24) is 9.55 Å². The summed E-state index contributed by atoms with van der Waals surface area (Å²) in [5.41, 5.74) is -0.406. The summed E-state index contributed by atoms with van der Waals surface area (Å²) >= 11 is 0. The molecule has 1 N–H and O–H groups in total. The topological polar surface area (TPSA) is 99.6 Å². The van der Waals surface area contributed by atoms with Crippen LogP contribution in [-0.4, -0.2) is 48.6 Å². The Morgan fingerprint density at radius 2 is 1.83 bits per heavy atom. The van der Waals surface area contributed by atoms with Crippen molar-refractivity contribution in [1.29, 1.82) is 0 Å². The maximum absolute atomic E-state index is 11.4. The van der Waals surface area contributed by atoms with Gasteiger partial charge >= 0.3 is 11.7 Å². The van der Waals surface area contributed by atoms with Gasteiger partial charge in [0, 0.05) is 31.0 Å². The number of H-pyrrole nitrogens is 1. The van der Waals surface area contributed by atoms with Crippen molar-refractivity contribution in [2.45, 2.75) is 19.9 Å². The molecule has 0 aliphatic rings. The predicted molar refractivity (Wildman–Crippen MR) is 83.4 cm³/mol. The molecule has 1 heterocycles. The number of hydrogen-bond donors (Lipinski definition) is 1. The van der Waals surface area contributed by atoms with E-state index in [0.717, 1.165) is 4.57 Å². The van der Waals surface area contributed by atoms with Crippen LogP contribution in [0.4, 0.5) is 0 Å². The molecule has 128 valence electrons. The molecule has 0 spiro atoms. The number of esters is 1. The smallest absolute Gasteiger partial charge is 0.333 e. The summed E-state index contributed by atoms with van der Waals surface area (Å²) in [4.78, 5) is 36.3. The molecule has 0 saturated carbocycles. The van der Waals surface area contributed by atoms with Crippen molar-refractivity contribution < 1.29 is 19.0 Å². The lowest BCUT2D eigenvalue weighted by Crippen LogP contribution is -2.34. The summed E-state index contributed by atoms with van der Waals surface area (Å²) in [6.45, 7) is 6.97. The number of rotatable bonds is 11. The van der Waals surface area contributed by atoms with Gasteiger partial charge in [0.15, 0.2) is 0 Å². The third-order valence-electron chi connectivity index (χ3n) is 2.80. The van der Waals surface area contributed by atoms with Crippen LogP contribution in [0.1, 0.15) is 13.3 Å². The first kappa shape index (κ1) is 18.9. The zero-order chi connectivity index (χ0) is 17.1. The lowest BCUT2D eigenvalue weighted by molar-refractivity contribution is -0.140. The summed E-state index contributed by atoms with van der Waals surface area (Å²) in [6, 6.07) is 1.30. The molecular weight excluding hydrogens is 304 g/mol. The zero-order valence-electron chi connectivity index (χ0n) is 13.2. The minimum atomic E-state index is -0.434. The molecule has 8 nitrogen and oxygen atoms in total. The van der Waals surface area contributed by atoms with Crippen molar-refractivity contribution in [3.05, 3.63) is 45.3 Å². The molecule has 0 radical (unpaired) electrons. The van der Waals surface area contributed by atoms with Crippen LogP contribution >= 0.6 is 0 Å². The molecule has 0 saturated heterocycles. The van der Waals surface area contributed by atoms with Crippen LogP contribution in [0.15, 0.2) is 34.0 Å². The standard InChI is InChI=1S/C15H22N2O6/c1-12(2)14(19)23-11-10-22-9-8-21-7-3-6-17-13(18)4-5-16-15(17)20/h4-5H,1,3,6-11H2,2H3,(H,16,20). The Morgan fingerprint density at radius 3 is 2.48 bits per heavy atom. The molecule has 0 fully saturated rings. The predicted octanol–water partition coefficient (Wildman–Crippen LogP) is 0.0792. The minimum Gasteiger partial charge on any atom is -0.460 e.